The summed E-state index contributed by atoms with van der Waals surface area (Å²) in [7, 11) is -1.98. The molecule has 5 nitrogen and oxygen atoms in total. The van der Waals surface area contributed by atoms with Gasteiger partial charge in [-0.1, -0.05) is 24.3 Å². The van der Waals surface area contributed by atoms with Crippen molar-refractivity contribution in [1.29, 1.82) is 0 Å². The maximum Gasteiger partial charge on any atom is 0.239 e. The van der Waals surface area contributed by atoms with Crippen LogP contribution in [0, 0.1) is 6.92 Å². The van der Waals surface area contributed by atoms with E-state index in [2.05, 4.69) is 5.32 Å². The van der Waals surface area contributed by atoms with Crippen LogP contribution < -0.4 is 10.1 Å². The number of ether oxygens (including phenoxy) is 1. The average molecular weight is 333 g/mol. The fourth-order valence-corrected chi connectivity index (χ4v) is 3.50. The number of hydrogen-bond acceptors (Lipinski definition) is 4. The van der Waals surface area contributed by atoms with Crippen LogP contribution in [0.2, 0.25) is 0 Å². The molecule has 2 aromatic rings. The number of rotatable bonds is 6. The van der Waals surface area contributed by atoms with Crippen LogP contribution >= 0.6 is 0 Å². The molecule has 0 aliphatic rings. The average Bonchev–Trinajstić information content (AvgIpc) is 2.49. The lowest BCUT2D eigenvalue weighted by Crippen LogP contribution is -2.24. The molecule has 0 atom stereocenters. The first kappa shape index (κ1) is 17.0. The molecule has 2 aromatic carbocycles. The molecule has 0 saturated heterocycles. The first-order valence-electron chi connectivity index (χ1n) is 7.08. The van der Waals surface area contributed by atoms with Gasteiger partial charge in [0.25, 0.3) is 0 Å². The van der Waals surface area contributed by atoms with Gasteiger partial charge in [-0.2, -0.15) is 0 Å². The molecular weight excluding hydrogens is 314 g/mol. The highest BCUT2D eigenvalue weighted by Crippen LogP contribution is 2.16. The summed E-state index contributed by atoms with van der Waals surface area (Å²) >= 11 is 0. The maximum atomic E-state index is 12.2. The lowest BCUT2D eigenvalue weighted by Gasteiger charge is -2.08. The Balaban J connectivity index is 1.99. The van der Waals surface area contributed by atoms with E-state index in [1.165, 1.54) is 0 Å². The van der Waals surface area contributed by atoms with Gasteiger partial charge in [0.2, 0.25) is 5.91 Å². The Morgan fingerprint density at radius 1 is 1.09 bits per heavy atom. The van der Waals surface area contributed by atoms with Gasteiger partial charge in [-0.15, -0.1) is 0 Å². The van der Waals surface area contributed by atoms with Crippen molar-refractivity contribution in [2.75, 3.05) is 18.2 Å². The summed E-state index contributed by atoms with van der Waals surface area (Å²) in [5.41, 5.74) is 2.14. The Kier molecular flexibility index (Phi) is 5.39. The number of benzene rings is 2. The molecule has 0 unspecified atom stereocenters. The third kappa shape index (κ3) is 5.10. The number of carbonyl (C=O) groups is 1. The molecule has 0 heterocycles. The van der Waals surface area contributed by atoms with Crippen LogP contribution in [0.4, 0.5) is 5.69 Å². The predicted molar refractivity (Wildman–Crippen MR) is 90.3 cm³/mol. The topological polar surface area (TPSA) is 72.5 Å². The third-order valence-corrected chi connectivity index (χ3v) is 4.81. The second-order valence-corrected chi connectivity index (χ2v) is 7.30. The first-order valence-corrected chi connectivity index (χ1v) is 8.90. The highest BCUT2D eigenvalue weighted by Gasteiger charge is 2.18. The van der Waals surface area contributed by atoms with Gasteiger partial charge in [0, 0.05) is 5.69 Å². The van der Waals surface area contributed by atoms with Gasteiger partial charge in [0.1, 0.15) is 11.5 Å². The number of anilines is 1. The maximum absolute atomic E-state index is 12.2. The number of carbonyl (C=O) groups excluding carboxylic acids is 1. The highest BCUT2D eigenvalue weighted by atomic mass is 32.2. The van der Waals surface area contributed by atoms with E-state index in [1.54, 1.807) is 43.5 Å². The molecule has 2 rings (SSSR count). The van der Waals surface area contributed by atoms with Crippen molar-refractivity contribution in [3.8, 4) is 5.75 Å². The number of amides is 1. The minimum absolute atomic E-state index is 0.143. The van der Waals surface area contributed by atoms with Gasteiger partial charge < -0.3 is 10.1 Å². The number of aryl methyl sites for hydroxylation is 1. The second kappa shape index (κ2) is 7.28. The minimum Gasteiger partial charge on any atom is -0.497 e. The normalized spacial score (nSPS) is 11.0. The van der Waals surface area contributed by atoms with Crippen molar-refractivity contribution < 1.29 is 17.9 Å². The Morgan fingerprint density at radius 3 is 2.35 bits per heavy atom. The van der Waals surface area contributed by atoms with Crippen LogP contribution in [0.1, 0.15) is 11.1 Å². The zero-order valence-corrected chi connectivity index (χ0v) is 13.9. The number of nitrogens with one attached hydrogen (secondary N) is 1. The van der Waals surface area contributed by atoms with Crippen LogP contribution in [0.5, 0.6) is 5.75 Å². The smallest absolute Gasteiger partial charge is 0.239 e. The molecule has 1 amide bonds. The van der Waals surface area contributed by atoms with Crippen molar-refractivity contribution in [2.45, 2.75) is 12.7 Å². The number of methoxy groups -OCH3 is 1. The van der Waals surface area contributed by atoms with Crippen LogP contribution in [0.25, 0.3) is 0 Å². The van der Waals surface area contributed by atoms with E-state index in [9.17, 15) is 13.2 Å². The lowest BCUT2D eigenvalue weighted by atomic mass is 10.1. The Morgan fingerprint density at radius 2 is 1.74 bits per heavy atom. The monoisotopic (exact) mass is 333 g/mol. The van der Waals surface area contributed by atoms with Gasteiger partial charge in [-0.3, -0.25) is 4.79 Å². The van der Waals surface area contributed by atoms with Crippen LogP contribution in [0.15, 0.2) is 48.5 Å². The van der Waals surface area contributed by atoms with E-state index < -0.39 is 21.5 Å². The largest absolute Gasteiger partial charge is 0.497 e. The summed E-state index contributed by atoms with van der Waals surface area (Å²) in [5, 5.41) is 2.58. The van der Waals surface area contributed by atoms with E-state index in [0.717, 1.165) is 5.56 Å². The first-order chi connectivity index (χ1) is 10.9. The molecule has 1 N–H and O–H groups in total. The molecule has 0 saturated carbocycles. The number of hydrogen-bond donors (Lipinski definition) is 1. The third-order valence-electron chi connectivity index (χ3n) is 3.36. The standard InChI is InChI=1S/C17H19NO4S/c1-13-5-3-4-6-14(13)11-23(20,21)12-17(19)18-15-7-9-16(22-2)10-8-15/h3-10H,11-12H2,1-2H3,(H,18,19). The van der Waals surface area contributed by atoms with Crippen molar-refractivity contribution in [3.05, 3.63) is 59.7 Å². The molecule has 0 fully saturated rings. The Labute approximate surface area is 136 Å². The molecule has 0 aromatic heterocycles. The van der Waals surface area contributed by atoms with Gasteiger partial charge in [0.15, 0.2) is 9.84 Å². The molecular formula is C17H19NO4S. The Bertz CT molecular complexity index is 782. The second-order valence-electron chi connectivity index (χ2n) is 5.24. The fraction of sp³-hybridized carbons (Fsp3) is 0.235. The van der Waals surface area contributed by atoms with Gasteiger partial charge >= 0.3 is 0 Å². The zero-order valence-electron chi connectivity index (χ0n) is 13.1. The molecule has 0 bridgehead atoms. The predicted octanol–water partition coefficient (Wildman–Crippen LogP) is 2.56. The van der Waals surface area contributed by atoms with E-state index in [-0.39, 0.29) is 5.75 Å². The van der Waals surface area contributed by atoms with Crippen molar-refractivity contribution in [1.82, 2.24) is 0 Å². The van der Waals surface area contributed by atoms with Crippen molar-refractivity contribution >= 4 is 21.4 Å². The molecule has 6 heteroatoms. The Hall–Kier alpha value is -2.34. The quantitative estimate of drug-likeness (QED) is 0.882. The summed E-state index contributed by atoms with van der Waals surface area (Å²) in [6, 6.07) is 13.9. The summed E-state index contributed by atoms with van der Waals surface area (Å²) in [5.74, 6) is -0.581. The van der Waals surface area contributed by atoms with E-state index in [0.29, 0.717) is 17.0 Å². The van der Waals surface area contributed by atoms with Crippen LogP contribution in [-0.2, 0) is 20.4 Å². The summed E-state index contributed by atoms with van der Waals surface area (Å²) in [6.07, 6.45) is 0. The lowest BCUT2D eigenvalue weighted by molar-refractivity contribution is -0.113. The summed E-state index contributed by atoms with van der Waals surface area (Å²) < 4.78 is 29.4. The minimum atomic E-state index is -3.53. The molecule has 0 spiro atoms. The molecule has 0 aliphatic carbocycles. The van der Waals surface area contributed by atoms with Crippen molar-refractivity contribution in [3.63, 3.8) is 0 Å². The molecule has 23 heavy (non-hydrogen) atoms. The number of sulfone groups is 1. The molecule has 0 aliphatic heterocycles. The van der Waals surface area contributed by atoms with Crippen LogP contribution in [0.3, 0.4) is 0 Å². The zero-order chi connectivity index (χ0) is 16.9. The van der Waals surface area contributed by atoms with Gasteiger partial charge in [-0.05, 0) is 42.3 Å². The van der Waals surface area contributed by atoms with E-state index >= 15 is 0 Å². The fourth-order valence-electron chi connectivity index (χ4n) is 2.13. The molecule has 0 radical (unpaired) electrons. The van der Waals surface area contributed by atoms with Crippen LogP contribution in [-0.4, -0.2) is 27.2 Å². The summed E-state index contributed by atoms with van der Waals surface area (Å²) in [4.78, 5) is 11.9. The SMILES string of the molecule is COc1ccc(NC(=O)CS(=O)(=O)Cc2ccccc2C)cc1. The summed E-state index contributed by atoms with van der Waals surface area (Å²) in [6.45, 7) is 1.85. The highest BCUT2D eigenvalue weighted by molar-refractivity contribution is 7.91. The van der Waals surface area contributed by atoms with Crippen molar-refractivity contribution in [2.24, 2.45) is 0 Å². The van der Waals surface area contributed by atoms with E-state index in [4.69, 9.17) is 4.74 Å². The molecule has 122 valence electrons. The van der Waals surface area contributed by atoms with Gasteiger partial charge in [0.05, 0.1) is 12.9 Å². The van der Waals surface area contributed by atoms with Gasteiger partial charge in [-0.25, -0.2) is 8.42 Å². The van der Waals surface area contributed by atoms with E-state index in [1.807, 2.05) is 19.1 Å².